The Bertz CT molecular complexity index is 521. The van der Waals surface area contributed by atoms with Crippen LogP contribution in [0.5, 0.6) is 0 Å². The molecule has 0 bridgehead atoms. The van der Waals surface area contributed by atoms with E-state index in [9.17, 15) is 4.79 Å². The van der Waals surface area contributed by atoms with Crippen molar-refractivity contribution < 1.29 is 4.79 Å². The lowest BCUT2D eigenvalue weighted by molar-refractivity contribution is -0.115. The quantitative estimate of drug-likeness (QED) is 0.832. The van der Waals surface area contributed by atoms with Gasteiger partial charge in [0.1, 0.15) is 0 Å². The van der Waals surface area contributed by atoms with Crippen LogP contribution in [0.1, 0.15) is 44.6 Å². The van der Waals surface area contributed by atoms with Crippen LogP contribution in [0.25, 0.3) is 0 Å². The van der Waals surface area contributed by atoms with Gasteiger partial charge in [0.15, 0.2) is 0 Å². The lowest BCUT2D eigenvalue weighted by Crippen LogP contribution is -2.37. The lowest BCUT2D eigenvalue weighted by atomic mass is 9.93. The second kappa shape index (κ2) is 5.35. The lowest BCUT2D eigenvalue weighted by Gasteiger charge is -2.36. The Kier molecular flexibility index (Phi) is 3.55. The highest BCUT2D eigenvalue weighted by molar-refractivity contribution is 6.00. The highest BCUT2D eigenvalue weighted by Gasteiger charge is 2.25. The Balaban J connectivity index is 1.91. The first-order chi connectivity index (χ1) is 9.69. The number of hydrogen-bond acceptors (Lipinski definition) is 3. The van der Waals surface area contributed by atoms with E-state index in [0.717, 1.165) is 29.2 Å². The standard InChI is InChI=1S/C16H23N3O/c1-2-19(12-6-4-3-5-7-12)15-10-14-11(8-13(15)17)9-16(20)18-14/h8,10,12H,2-7,9,17H2,1H3,(H,18,20). The molecule has 1 heterocycles. The number of nitrogens with two attached hydrogens (primary N) is 1. The summed E-state index contributed by atoms with van der Waals surface area (Å²) in [4.78, 5) is 13.9. The number of carbonyl (C=O) groups is 1. The maximum atomic E-state index is 11.5. The summed E-state index contributed by atoms with van der Waals surface area (Å²) in [6, 6.07) is 4.62. The van der Waals surface area contributed by atoms with Gasteiger partial charge in [0.2, 0.25) is 5.91 Å². The summed E-state index contributed by atoms with van der Waals surface area (Å²) in [7, 11) is 0. The molecule has 0 radical (unpaired) electrons. The Labute approximate surface area is 120 Å². The van der Waals surface area contributed by atoms with Crippen molar-refractivity contribution in [2.45, 2.75) is 51.5 Å². The van der Waals surface area contributed by atoms with Gasteiger partial charge in [-0.1, -0.05) is 19.3 Å². The molecule has 0 saturated heterocycles. The van der Waals surface area contributed by atoms with Crippen molar-refractivity contribution in [1.82, 2.24) is 0 Å². The van der Waals surface area contributed by atoms with Crippen molar-refractivity contribution in [3.63, 3.8) is 0 Å². The average Bonchev–Trinajstić information content (AvgIpc) is 2.80. The van der Waals surface area contributed by atoms with Crippen molar-refractivity contribution in [1.29, 1.82) is 0 Å². The molecule has 0 aromatic heterocycles. The van der Waals surface area contributed by atoms with E-state index < -0.39 is 0 Å². The SMILES string of the molecule is CCN(c1cc2c(cc1N)CC(=O)N2)C1CCCCC1. The highest BCUT2D eigenvalue weighted by atomic mass is 16.1. The van der Waals surface area contributed by atoms with Crippen molar-refractivity contribution in [3.8, 4) is 0 Å². The molecule has 20 heavy (non-hydrogen) atoms. The van der Waals surface area contributed by atoms with Gasteiger partial charge >= 0.3 is 0 Å². The van der Waals surface area contributed by atoms with E-state index in [1.807, 2.05) is 6.07 Å². The molecule has 0 atom stereocenters. The van der Waals surface area contributed by atoms with Crippen LogP contribution in [0.2, 0.25) is 0 Å². The van der Waals surface area contributed by atoms with Crippen LogP contribution in [-0.4, -0.2) is 18.5 Å². The zero-order valence-corrected chi connectivity index (χ0v) is 12.1. The van der Waals surface area contributed by atoms with Gasteiger partial charge in [-0.05, 0) is 37.5 Å². The van der Waals surface area contributed by atoms with Gasteiger partial charge < -0.3 is 16.0 Å². The number of hydrogen-bond donors (Lipinski definition) is 2. The maximum absolute atomic E-state index is 11.5. The second-order valence-corrected chi connectivity index (χ2v) is 5.87. The molecule has 3 N–H and O–H groups in total. The van der Waals surface area contributed by atoms with E-state index in [2.05, 4.69) is 23.2 Å². The minimum Gasteiger partial charge on any atom is -0.397 e. The molecule has 1 aliphatic heterocycles. The third kappa shape index (κ3) is 2.35. The summed E-state index contributed by atoms with van der Waals surface area (Å²) in [6.07, 6.45) is 6.91. The van der Waals surface area contributed by atoms with Gasteiger partial charge in [-0.2, -0.15) is 0 Å². The van der Waals surface area contributed by atoms with Crippen LogP contribution in [0, 0.1) is 0 Å². The van der Waals surface area contributed by atoms with E-state index in [4.69, 9.17) is 5.73 Å². The second-order valence-electron chi connectivity index (χ2n) is 5.87. The normalized spacial score (nSPS) is 18.8. The zero-order valence-electron chi connectivity index (χ0n) is 12.1. The summed E-state index contributed by atoms with van der Waals surface area (Å²) in [5, 5.41) is 2.93. The molecule has 108 valence electrons. The molecule has 1 aromatic rings. The van der Waals surface area contributed by atoms with E-state index in [0.29, 0.717) is 12.5 Å². The summed E-state index contributed by atoms with van der Waals surface area (Å²) in [6.45, 7) is 3.14. The maximum Gasteiger partial charge on any atom is 0.228 e. The number of carbonyl (C=O) groups excluding carboxylic acids is 1. The fourth-order valence-corrected chi connectivity index (χ4v) is 3.55. The molecular formula is C16H23N3O. The van der Waals surface area contributed by atoms with Gasteiger partial charge in [-0.15, -0.1) is 0 Å². The number of nitrogen functional groups attached to an aromatic ring is 1. The molecule has 1 fully saturated rings. The molecular weight excluding hydrogens is 250 g/mol. The van der Waals surface area contributed by atoms with Crippen molar-refractivity contribution in [2.75, 3.05) is 22.5 Å². The number of nitrogens with one attached hydrogen (secondary N) is 1. The Morgan fingerprint density at radius 3 is 2.75 bits per heavy atom. The van der Waals surface area contributed by atoms with E-state index in [-0.39, 0.29) is 5.91 Å². The summed E-state index contributed by atoms with van der Waals surface area (Å²) in [5.74, 6) is 0.0669. The van der Waals surface area contributed by atoms with Crippen LogP contribution in [0.15, 0.2) is 12.1 Å². The van der Waals surface area contributed by atoms with Crippen molar-refractivity contribution in [2.24, 2.45) is 0 Å². The summed E-state index contributed by atoms with van der Waals surface area (Å²) < 4.78 is 0. The van der Waals surface area contributed by atoms with Gasteiger partial charge in [0, 0.05) is 18.3 Å². The first kappa shape index (κ1) is 13.3. The third-order valence-electron chi connectivity index (χ3n) is 4.54. The van der Waals surface area contributed by atoms with Gasteiger partial charge in [0.25, 0.3) is 0 Å². The molecule has 4 nitrogen and oxygen atoms in total. The van der Waals surface area contributed by atoms with E-state index >= 15 is 0 Å². The molecule has 3 rings (SSSR count). The first-order valence-corrected chi connectivity index (χ1v) is 7.68. The Morgan fingerprint density at radius 2 is 2.05 bits per heavy atom. The molecule has 1 saturated carbocycles. The summed E-state index contributed by atoms with van der Waals surface area (Å²) >= 11 is 0. The van der Waals surface area contributed by atoms with Crippen LogP contribution in [0.4, 0.5) is 17.1 Å². The fraction of sp³-hybridized carbons (Fsp3) is 0.562. The predicted molar refractivity (Wildman–Crippen MR) is 83.1 cm³/mol. The molecule has 1 aromatic carbocycles. The molecule has 4 heteroatoms. The smallest absolute Gasteiger partial charge is 0.228 e. The van der Waals surface area contributed by atoms with Crippen LogP contribution in [0.3, 0.4) is 0 Å². The monoisotopic (exact) mass is 273 g/mol. The number of amides is 1. The molecule has 1 aliphatic carbocycles. The number of anilines is 3. The average molecular weight is 273 g/mol. The van der Waals surface area contributed by atoms with Gasteiger partial charge in [-0.25, -0.2) is 0 Å². The molecule has 1 amide bonds. The largest absolute Gasteiger partial charge is 0.397 e. The van der Waals surface area contributed by atoms with E-state index in [1.165, 1.54) is 32.1 Å². The zero-order chi connectivity index (χ0) is 14.1. The summed E-state index contributed by atoms with van der Waals surface area (Å²) in [5.41, 5.74) is 10.1. The number of benzene rings is 1. The molecule has 0 spiro atoms. The minimum absolute atomic E-state index is 0.0669. The minimum atomic E-state index is 0.0669. The highest BCUT2D eigenvalue weighted by Crippen LogP contribution is 2.36. The third-order valence-corrected chi connectivity index (χ3v) is 4.54. The van der Waals surface area contributed by atoms with Crippen LogP contribution >= 0.6 is 0 Å². The number of rotatable bonds is 3. The van der Waals surface area contributed by atoms with Gasteiger partial charge in [0.05, 0.1) is 17.8 Å². The Morgan fingerprint density at radius 1 is 1.30 bits per heavy atom. The van der Waals surface area contributed by atoms with E-state index in [1.54, 1.807) is 0 Å². The Hall–Kier alpha value is -1.71. The first-order valence-electron chi connectivity index (χ1n) is 7.68. The van der Waals surface area contributed by atoms with Crippen molar-refractivity contribution >= 4 is 23.0 Å². The molecule has 2 aliphatic rings. The van der Waals surface area contributed by atoms with Crippen LogP contribution in [-0.2, 0) is 11.2 Å². The number of fused-ring (bicyclic) bond motifs is 1. The fourth-order valence-electron chi connectivity index (χ4n) is 3.55. The molecule has 0 unspecified atom stereocenters. The number of nitrogens with zero attached hydrogens (tertiary/aromatic N) is 1. The van der Waals surface area contributed by atoms with Crippen molar-refractivity contribution in [3.05, 3.63) is 17.7 Å². The predicted octanol–water partition coefficient (Wildman–Crippen LogP) is 2.92. The topological polar surface area (TPSA) is 58.4 Å². The van der Waals surface area contributed by atoms with Crippen LogP contribution < -0.4 is 16.0 Å². The van der Waals surface area contributed by atoms with Gasteiger partial charge in [-0.3, -0.25) is 4.79 Å².